The smallest absolute Gasteiger partial charge is 0.227 e. The van der Waals surface area contributed by atoms with Gasteiger partial charge in [0, 0.05) is 32.7 Å². The number of piperidine rings is 1. The van der Waals surface area contributed by atoms with Crippen LogP contribution in [0, 0.1) is 17.8 Å². The van der Waals surface area contributed by atoms with Crippen LogP contribution in [0.25, 0.3) is 0 Å². The lowest BCUT2D eigenvalue weighted by Gasteiger charge is -2.34. The molecular formula is C22H32N2O2. The Balaban J connectivity index is 1.47. The van der Waals surface area contributed by atoms with E-state index in [2.05, 4.69) is 35.2 Å². The van der Waals surface area contributed by atoms with Crippen LogP contribution in [0.5, 0.6) is 0 Å². The van der Waals surface area contributed by atoms with E-state index in [1.807, 2.05) is 4.90 Å². The molecule has 1 N–H and O–H groups in total. The van der Waals surface area contributed by atoms with Gasteiger partial charge in [0.15, 0.2) is 0 Å². The summed E-state index contributed by atoms with van der Waals surface area (Å²) in [6, 6.07) is 10.6. The maximum absolute atomic E-state index is 13.3. The number of likely N-dealkylation sites (tertiary alicyclic amines) is 2. The van der Waals surface area contributed by atoms with Crippen LogP contribution in [0.15, 0.2) is 30.3 Å². The molecule has 2 heterocycles. The van der Waals surface area contributed by atoms with Crippen molar-refractivity contribution in [3.63, 3.8) is 0 Å². The number of carbonyl (C=O) groups is 1. The van der Waals surface area contributed by atoms with E-state index in [1.165, 1.54) is 31.2 Å². The van der Waals surface area contributed by atoms with E-state index < -0.39 is 0 Å². The molecule has 0 spiro atoms. The maximum Gasteiger partial charge on any atom is 0.227 e. The third kappa shape index (κ3) is 3.96. The van der Waals surface area contributed by atoms with Crippen molar-refractivity contribution in [2.45, 2.75) is 51.2 Å². The number of nitrogens with zero attached hydrogens (tertiary/aromatic N) is 2. The Kier molecular flexibility index (Phi) is 5.60. The summed E-state index contributed by atoms with van der Waals surface area (Å²) in [6.45, 7) is 4.22. The molecule has 142 valence electrons. The van der Waals surface area contributed by atoms with Crippen molar-refractivity contribution in [1.29, 1.82) is 0 Å². The van der Waals surface area contributed by atoms with Crippen LogP contribution in [0.3, 0.4) is 0 Å². The summed E-state index contributed by atoms with van der Waals surface area (Å²) >= 11 is 0. The second-order valence-corrected chi connectivity index (χ2v) is 8.57. The Morgan fingerprint density at radius 1 is 1.00 bits per heavy atom. The lowest BCUT2D eigenvalue weighted by atomic mass is 9.82. The van der Waals surface area contributed by atoms with Gasteiger partial charge in [0.1, 0.15) is 0 Å². The van der Waals surface area contributed by atoms with E-state index in [1.54, 1.807) is 0 Å². The van der Waals surface area contributed by atoms with Gasteiger partial charge in [0.2, 0.25) is 5.91 Å². The van der Waals surface area contributed by atoms with Gasteiger partial charge in [-0.05, 0) is 30.2 Å². The molecule has 1 saturated carbocycles. The van der Waals surface area contributed by atoms with Crippen molar-refractivity contribution >= 4 is 5.91 Å². The highest BCUT2D eigenvalue weighted by molar-refractivity contribution is 5.80. The zero-order chi connectivity index (χ0) is 17.9. The Morgan fingerprint density at radius 2 is 1.77 bits per heavy atom. The third-order valence-corrected chi connectivity index (χ3v) is 6.72. The first-order valence-electron chi connectivity index (χ1n) is 10.4. The first kappa shape index (κ1) is 18.0. The van der Waals surface area contributed by atoms with Gasteiger partial charge < -0.3 is 10.0 Å². The van der Waals surface area contributed by atoms with Gasteiger partial charge in [-0.1, -0.05) is 56.0 Å². The Morgan fingerprint density at radius 3 is 2.50 bits per heavy atom. The van der Waals surface area contributed by atoms with Gasteiger partial charge in [-0.3, -0.25) is 9.69 Å². The molecule has 4 rings (SSSR count). The monoisotopic (exact) mass is 356 g/mol. The average Bonchev–Trinajstić information content (AvgIpc) is 3.31. The molecule has 0 bridgehead atoms. The summed E-state index contributed by atoms with van der Waals surface area (Å²) < 4.78 is 0. The first-order valence-corrected chi connectivity index (χ1v) is 10.4. The number of hydrogen-bond donors (Lipinski definition) is 1. The molecule has 1 amide bonds. The number of β-amino-alcohol motifs (C(OH)–C–C–N with tert-alkyl or cyclic N) is 1. The van der Waals surface area contributed by atoms with Gasteiger partial charge in [-0.15, -0.1) is 0 Å². The van der Waals surface area contributed by atoms with Crippen LogP contribution in [0.4, 0.5) is 0 Å². The van der Waals surface area contributed by atoms with Crippen molar-refractivity contribution in [3.05, 3.63) is 35.9 Å². The molecule has 3 atom stereocenters. The molecule has 0 unspecified atom stereocenters. The van der Waals surface area contributed by atoms with E-state index in [4.69, 9.17) is 0 Å². The van der Waals surface area contributed by atoms with Gasteiger partial charge in [-0.25, -0.2) is 0 Å². The molecular weight excluding hydrogens is 324 g/mol. The van der Waals surface area contributed by atoms with E-state index in [-0.39, 0.29) is 12.0 Å². The van der Waals surface area contributed by atoms with Crippen LogP contribution in [-0.2, 0) is 11.3 Å². The van der Waals surface area contributed by atoms with Crippen LogP contribution in [-0.4, -0.2) is 53.1 Å². The lowest BCUT2D eigenvalue weighted by molar-refractivity contribution is -0.140. The number of aliphatic hydroxyl groups excluding tert-OH is 1. The fraction of sp³-hybridized carbons (Fsp3) is 0.682. The molecule has 4 nitrogen and oxygen atoms in total. The molecule has 1 aliphatic carbocycles. The third-order valence-electron chi connectivity index (χ3n) is 6.72. The maximum atomic E-state index is 13.3. The predicted octanol–water partition coefficient (Wildman–Crippen LogP) is 2.91. The number of amides is 1. The predicted molar refractivity (Wildman–Crippen MR) is 102 cm³/mol. The second kappa shape index (κ2) is 8.10. The van der Waals surface area contributed by atoms with Crippen molar-refractivity contribution in [2.24, 2.45) is 17.8 Å². The molecule has 3 aliphatic rings. The van der Waals surface area contributed by atoms with E-state index in [0.717, 1.165) is 39.0 Å². The summed E-state index contributed by atoms with van der Waals surface area (Å²) in [5.74, 6) is 1.62. The molecule has 2 aliphatic heterocycles. The Hall–Kier alpha value is -1.39. The average molecular weight is 357 g/mol. The number of hydrogen-bond acceptors (Lipinski definition) is 3. The van der Waals surface area contributed by atoms with Crippen molar-refractivity contribution in [2.75, 3.05) is 26.2 Å². The minimum Gasteiger partial charge on any atom is -0.391 e. The first-order chi connectivity index (χ1) is 12.7. The Bertz CT molecular complexity index is 599. The van der Waals surface area contributed by atoms with Gasteiger partial charge in [-0.2, -0.15) is 0 Å². The fourth-order valence-corrected chi connectivity index (χ4v) is 5.40. The molecule has 1 aromatic rings. The van der Waals surface area contributed by atoms with Gasteiger partial charge in [0.05, 0.1) is 12.0 Å². The number of carbonyl (C=O) groups excluding carboxylic acids is 1. The minimum atomic E-state index is -0.334. The van der Waals surface area contributed by atoms with E-state index >= 15 is 0 Å². The van der Waals surface area contributed by atoms with E-state index in [9.17, 15) is 9.90 Å². The summed E-state index contributed by atoms with van der Waals surface area (Å²) in [6.07, 6.45) is 6.65. The van der Waals surface area contributed by atoms with Crippen molar-refractivity contribution < 1.29 is 9.90 Å². The quantitative estimate of drug-likeness (QED) is 0.902. The van der Waals surface area contributed by atoms with Crippen LogP contribution >= 0.6 is 0 Å². The van der Waals surface area contributed by atoms with Crippen molar-refractivity contribution in [3.8, 4) is 0 Å². The van der Waals surface area contributed by atoms with E-state index in [0.29, 0.717) is 24.3 Å². The van der Waals surface area contributed by atoms with Crippen LogP contribution in [0.2, 0.25) is 0 Å². The van der Waals surface area contributed by atoms with Gasteiger partial charge >= 0.3 is 0 Å². The van der Waals surface area contributed by atoms with Crippen LogP contribution < -0.4 is 0 Å². The fourth-order valence-electron chi connectivity index (χ4n) is 5.40. The standard InChI is InChI=1S/C22H32N2O2/c25-19-11-6-12-24(14-19)22(26)21-16-23(13-17-7-2-1-3-8-17)15-20(21)18-9-4-5-10-18/h1-3,7-8,18-21,25H,4-6,9-16H2/t19-,20-,21+/m0/s1. The Labute approximate surface area is 157 Å². The normalized spacial score (nSPS) is 30.8. The minimum absolute atomic E-state index is 0.118. The summed E-state index contributed by atoms with van der Waals surface area (Å²) in [5.41, 5.74) is 1.33. The molecule has 4 heteroatoms. The lowest BCUT2D eigenvalue weighted by Crippen LogP contribution is -2.47. The SMILES string of the molecule is O=C([C@@H]1CN(Cc2ccccc2)C[C@H]1C1CCCC1)N1CCC[C@H](O)C1. The molecule has 26 heavy (non-hydrogen) atoms. The topological polar surface area (TPSA) is 43.8 Å². The highest BCUT2D eigenvalue weighted by Gasteiger charge is 2.44. The number of benzene rings is 1. The summed E-state index contributed by atoms with van der Waals surface area (Å²) in [7, 11) is 0. The highest BCUT2D eigenvalue weighted by Crippen LogP contribution is 2.40. The highest BCUT2D eigenvalue weighted by atomic mass is 16.3. The van der Waals surface area contributed by atoms with Crippen molar-refractivity contribution in [1.82, 2.24) is 9.80 Å². The molecule has 2 saturated heterocycles. The molecule has 0 radical (unpaired) electrons. The largest absolute Gasteiger partial charge is 0.391 e. The van der Waals surface area contributed by atoms with Gasteiger partial charge in [0.25, 0.3) is 0 Å². The van der Waals surface area contributed by atoms with Crippen LogP contribution in [0.1, 0.15) is 44.1 Å². The second-order valence-electron chi connectivity index (χ2n) is 8.57. The molecule has 0 aromatic heterocycles. The summed E-state index contributed by atoms with van der Waals surface area (Å²) in [4.78, 5) is 17.7. The molecule has 3 fully saturated rings. The zero-order valence-corrected chi connectivity index (χ0v) is 15.7. The number of rotatable bonds is 4. The summed E-state index contributed by atoms with van der Waals surface area (Å²) in [5, 5.41) is 9.99. The molecule has 1 aromatic carbocycles. The zero-order valence-electron chi connectivity index (χ0n) is 15.7. The number of aliphatic hydroxyl groups is 1.